The molecule has 0 aromatic carbocycles. The summed E-state index contributed by atoms with van der Waals surface area (Å²) in [6, 6.07) is -0.0631. The van der Waals surface area contributed by atoms with Crippen molar-refractivity contribution < 1.29 is 9.53 Å². The number of hydrogen-bond acceptors (Lipinski definition) is 3. The van der Waals surface area contributed by atoms with Crippen LogP contribution in [0.4, 0.5) is 0 Å². The van der Waals surface area contributed by atoms with Crippen LogP contribution >= 0.6 is 22.6 Å². The molecule has 1 saturated heterocycles. The summed E-state index contributed by atoms with van der Waals surface area (Å²) in [5, 5.41) is 3.12. The zero-order valence-corrected chi connectivity index (χ0v) is 7.92. The van der Waals surface area contributed by atoms with E-state index in [9.17, 15) is 4.79 Å². The number of carbonyl (C=O) groups excluding carboxylic acids is 1. The maximum absolute atomic E-state index is 10.9. The van der Waals surface area contributed by atoms with E-state index in [2.05, 4.69) is 32.6 Å². The summed E-state index contributed by atoms with van der Waals surface area (Å²) in [6.45, 7) is 0. The monoisotopic (exact) mass is 255 g/mol. The highest BCUT2D eigenvalue weighted by Crippen LogP contribution is 2.17. The quantitative estimate of drug-likeness (QED) is 0.324. The van der Waals surface area contributed by atoms with E-state index in [1.54, 1.807) is 0 Å². The summed E-state index contributed by atoms with van der Waals surface area (Å²) in [5.41, 5.74) is 0. The zero-order valence-electron chi connectivity index (χ0n) is 5.76. The molecule has 0 bridgehead atoms. The van der Waals surface area contributed by atoms with Crippen molar-refractivity contribution in [3.63, 3.8) is 0 Å². The van der Waals surface area contributed by atoms with E-state index in [0.717, 1.165) is 12.8 Å². The number of esters is 1. The van der Waals surface area contributed by atoms with E-state index in [1.807, 2.05) is 0 Å². The maximum atomic E-state index is 10.9. The average molecular weight is 255 g/mol. The molecule has 1 aliphatic heterocycles. The second-order valence-corrected chi connectivity index (χ2v) is 3.79. The summed E-state index contributed by atoms with van der Waals surface area (Å²) < 4.78 is 5.01. The van der Waals surface area contributed by atoms with E-state index in [-0.39, 0.29) is 12.0 Å². The molecule has 0 aromatic rings. The Kier molecular flexibility index (Phi) is 2.91. The third-order valence-electron chi connectivity index (χ3n) is 1.58. The van der Waals surface area contributed by atoms with Gasteiger partial charge in [0.2, 0.25) is 0 Å². The highest BCUT2D eigenvalue weighted by molar-refractivity contribution is 14.1. The Labute approximate surface area is 73.6 Å². The van der Waals surface area contributed by atoms with Gasteiger partial charge in [-0.25, -0.2) is 0 Å². The summed E-state index contributed by atoms with van der Waals surface area (Å²) in [7, 11) is 1.42. The molecular formula is C6H10INO2. The molecule has 3 nitrogen and oxygen atoms in total. The van der Waals surface area contributed by atoms with Crippen molar-refractivity contribution in [3.8, 4) is 0 Å². The Morgan fingerprint density at radius 1 is 1.70 bits per heavy atom. The lowest BCUT2D eigenvalue weighted by atomic mass is 10.2. The molecule has 0 aliphatic carbocycles. The van der Waals surface area contributed by atoms with Gasteiger partial charge in [0.1, 0.15) is 6.04 Å². The number of ether oxygens (including phenoxy) is 1. The zero-order chi connectivity index (χ0) is 7.56. The second-order valence-electron chi connectivity index (χ2n) is 2.29. The normalized spacial score (nSPS) is 32.2. The van der Waals surface area contributed by atoms with Crippen LogP contribution in [-0.2, 0) is 9.53 Å². The maximum Gasteiger partial charge on any atom is 0.322 e. The van der Waals surface area contributed by atoms with Crippen molar-refractivity contribution in [1.29, 1.82) is 0 Å². The average Bonchev–Trinajstić information content (AvgIpc) is 2.34. The van der Waals surface area contributed by atoms with Gasteiger partial charge in [-0.2, -0.15) is 0 Å². The fourth-order valence-corrected chi connectivity index (χ4v) is 1.82. The van der Waals surface area contributed by atoms with Gasteiger partial charge < -0.3 is 4.74 Å². The summed E-state index contributed by atoms with van der Waals surface area (Å²) in [4.78, 5) is 10.9. The molecule has 1 aliphatic rings. The first kappa shape index (κ1) is 8.26. The van der Waals surface area contributed by atoms with Gasteiger partial charge in [-0.05, 0) is 12.8 Å². The Morgan fingerprint density at radius 3 is 2.80 bits per heavy atom. The fraction of sp³-hybridized carbons (Fsp3) is 0.833. The van der Waals surface area contributed by atoms with Crippen LogP contribution in [-0.4, -0.2) is 23.2 Å². The van der Waals surface area contributed by atoms with Gasteiger partial charge in [0, 0.05) is 0 Å². The van der Waals surface area contributed by atoms with Crippen molar-refractivity contribution in [3.05, 3.63) is 0 Å². The molecule has 58 valence electrons. The minimum atomic E-state index is -0.140. The molecule has 2 atom stereocenters. The van der Waals surface area contributed by atoms with Crippen LogP contribution < -0.4 is 5.32 Å². The van der Waals surface area contributed by atoms with Crippen LogP contribution in [0.3, 0.4) is 0 Å². The van der Waals surface area contributed by atoms with E-state index in [0.29, 0.717) is 4.05 Å². The predicted molar refractivity (Wildman–Crippen MR) is 46.0 cm³/mol. The fourth-order valence-electron chi connectivity index (χ4n) is 1.03. The summed E-state index contributed by atoms with van der Waals surface area (Å²) in [6.07, 6.45) is 1.96. The highest BCUT2D eigenvalue weighted by atomic mass is 127. The first-order valence-electron chi connectivity index (χ1n) is 3.22. The molecule has 0 aromatic heterocycles. The van der Waals surface area contributed by atoms with E-state index in [4.69, 9.17) is 0 Å². The highest BCUT2D eigenvalue weighted by Gasteiger charge is 2.27. The van der Waals surface area contributed by atoms with E-state index >= 15 is 0 Å². The van der Waals surface area contributed by atoms with Crippen molar-refractivity contribution in [1.82, 2.24) is 5.32 Å². The van der Waals surface area contributed by atoms with Gasteiger partial charge >= 0.3 is 5.97 Å². The topological polar surface area (TPSA) is 38.3 Å². The van der Waals surface area contributed by atoms with Crippen molar-refractivity contribution >= 4 is 28.6 Å². The lowest BCUT2D eigenvalue weighted by Gasteiger charge is -2.06. The molecule has 0 spiro atoms. The predicted octanol–water partition coefficient (Wildman–Crippen LogP) is 0.672. The number of rotatable bonds is 1. The number of hydrogen-bond donors (Lipinski definition) is 1. The summed E-state index contributed by atoms with van der Waals surface area (Å²) >= 11 is 2.28. The van der Waals surface area contributed by atoms with Crippen LogP contribution in [0.5, 0.6) is 0 Å². The number of carbonyl (C=O) groups is 1. The molecule has 1 heterocycles. The second kappa shape index (κ2) is 3.52. The summed E-state index contributed by atoms with van der Waals surface area (Å²) in [5.74, 6) is -0.140. The van der Waals surface area contributed by atoms with Crippen LogP contribution in [0.15, 0.2) is 0 Å². The molecule has 10 heavy (non-hydrogen) atoms. The number of nitrogens with one attached hydrogen (secondary N) is 1. The molecular weight excluding hydrogens is 245 g/mol. The SMILES string of the molecule is COC(=O)[C@@H]1CC[C@@H](I)N1. The van der Waals surface area contributed by atoms with Gasteiger partial charge in [-0.15, -0.1) is 0 Å². The molecule has 4 heteroatoms. The molecule has 0 radical (unpaired) electrons. The van der Waals surface area contributed by atoms with Gasteiger partial charge in [0.05, 0.1) is 11.2 Å². The smallest absolute Gasteiger partial charge is 0.322 e. The van der Waals surface area contributed by atoms with Crippen molar-refractivity contribution in [2.45, 2.75) is 22.9 Å². The number of alkyl halides is 1. The molecule has 0 amide bonds. The van der Waals surface area contributed by atoms with E-state index in [1.165, 1.54) is 7.11 Å². The Morgan fingerprint density at radius 2 is 2.40 bits per heavy atom. The minimum Gasteiger partial charge on any atom is -0.468 e. The lowest BCUT2D eigenvalue weighted by molar-refractivity contribution is -0.142. The van der Waals surface area contributed by atoms with Gasteiger partial charge in [0.25, 0.3) is 0 Å². The Balaban J connectivity index is 2.37. The van der Waals surface area contributed by atoms with Crippen molar-refractivity contribution in [2.75, 3.05) is 7.11 Å². The van der Waals surface area contributed by atoms with Gasteiger partial charge in [-0.3, -0.25) is 10.1 Å². The number of methoxy groups -OCH3 is 1. The van der Waals surface area contributed by atoms with Crippen LogP contribution in [0.2, 0.25) is 0 Å². The third-order valence-corrected chi connectivity index (χ3v) is 2.56. The molecule has 0 unspecified atom stereocenters. The number of halogens is 1. The molecule has 0 saturated carbocycles. The lowest BCUT2D eigenvalue weighted by Crippen LogP contribution is -2.33. The van der Waals surface area contributed by atoms with Gasteiger partial charge in [0.15, 0.2) is 0 Å². The standard InChI is InChI=1S/C6H10INO2/c1-10-6(9)4-2-3-5(7)8-4/h4-5,8H,2-3H2,1H3/t4-,5-/m0/s1. The molecule has 1 rings (SSSR count). The van der Waals surface area contributed by atoms with Crippen molar-refractivity contribution in [2.24, 2.45) is 0 Å². The van der Waals surface area contributed by atoms with E-state index < -0.39 is 0 Å². The largest absolute Gasteiger partial charge is 0.468 e. The van der Waals surface area contributed by atoms with Crippen LogP contribution in [0, 0.1) is 0 Å². The molecule has 1 N–H and O–H groups in total. The van der Waals surface area contributed by atoms with Crippen LogP contribution in [0.1, 0.15) is 12.8 Å². The minimum absolute atomic E-state index is 0.0631. The first-order chi connectivity index (χ1) is 4.74. The molecule has 1 fully saturated rings. The first-order valence-corrected chi connectivity index (χ1v) is 4.46. The third kappa shape index (κ3) is 1.82. The van der Waals surface area contributed by atoms with Gasteiger partial charge in [-0.1, -0.05) is 22.6 Å². The van der Waals surface area contributed by atoms with Crippen LogP contribution in [0.25, 0.3) is 0 Å². The Bertz CT molecular complexity index is 140. The Hall–Kier alpha value is 0.160.